The van der Waals surface area contributed by atoms with Crippen LogP contribution in [0.1, 0.15) is 23.1 Å². The average Bonchev–Trinajstić information content (AvgIpc) is 3.07. The summed E-state index contributed by atoms with van der Waals surface area (Å²) in [6.45, 7) is 2.08. The molecule has 0 spiro atoms. The van der Waals surface area contributed by atoms with Gasteiger partial charge in [-0.15, -0.1) is 5.10 Å². The van der Waals surface area contributed by atoms with Gasteiger partial charge in [-0.3, -0.25) is 0 Å². The van der Waals surface area contributed by atoms with Crippen molar-refractivity contribution in [2.45, 2.75) is 19.4 Å². The summed E-state index contributed by atoms with van der Waals surface area (Å²) >= 11 is 0. The first kappa shape index (κ1) is 15.8. The predicted molar refractivity (Wildman–Crippen MR) is 105 cm³/mol. The van der Waals surface area contributed by atoms with E-state index in [1.54, 1.807) is 0 Å². The SMILES string of the molecule is Cc1ccc2c(c1)-n1nc(-c3ccccc3)nc1CC(c1ccccc1)O2. The highest BCUT2D eigenvalue weighted by Gasteiger charge is 2.26. The van der Waals surface area contributed by atoms with Gasteiger partial charge in [0, 0.05) is 12.0 Å². The van der Waals surface area contributed by atoms with Gasteiger partial charge in [0.1, 0.15) is 23.4 Å². The van der Waals surface area contributed by atoms with Gasteiger partial charge in [-0.1, -0.05) is 66.7 Å². The Morgan fingerprint density at radius 3 is 2.44 bits per heavy atom. The van der Waals surface area contributed by atoms with Crippen LogP contribution in [0, 0.1) is 6.92 Å². The molecule has 3 aromatic carbocycles. The number of ether oxygens (including phenoxy) is 1. The second-order valence-electron chi connectivity index (χ2n) is 6.82. The molecule has 1 aliphatic heterocycles. The van der Waals surface area contributed by atoms with Crippen LogP contribution in [-0.2, 0) is 6.42 Å². The fourth-order valence-corrected chi connectivity index (χ4v) is 3.49. The van der Waals surface area contributed by atoms with Crippen molar-refractivity contribution >= 4 is 0 Å². The van der Waals surface area contributed by atoms with Crippen LogP contribution in [0.15, 0.2) is 78.9 Å². The molecular formula is C23H19N3O. The minimum absolute atomic E-state index is 0.0956. The van der Waals surface area contributed by atoms with Gasteiger partial charge in [0.05, 0.1) is 0 Å². The fourth-order valence-electron chi connectivity index (χ4n) is 3.49. The Morgan fingerprint density at radius 1 is 0.926 bits per heavy atom. The van der Waals surface area contributed by atoms with Crippen molar-refractivity contribution in [3.63, 3.8) is 0 Å². The highest BCUT2D eigenvalue weighted by molar-refractivity contribution is 5.56. The van der Waals surface area contributed by atoms with Crippen LogP contribution in [0.3, 0.4) is 0 Å². The molecule has 4 nitrogen and oxygen atoms in total. The molecule has 27 heavy (non-hydrogen) atoms. The van der Waals surface area contributed by atoms with Gasteiger partial charge in [0.2, 0.25) is 0 Å². The third-order valence-corrected chi connectivity index (χ3v) is 4.86. The minimum Gasteiger partial charge on any atom is -0.483 e. The molecule has 1 atom stereocenters. The van der Waals surface area contributed by atoms with E-state index >= 15 is 0 Å². The molecule has 0 aliphatic carbocycles. The second-order valence-corrected chi connectivity index (χ2v) is 6.82. The number of aromatic nitrogens is 3. The van der Waals surface area contributed by atoms with Gasteiger partial charge in [-0.2, -0.15) is 0 Å². The molecule has 1 unspecified atom stereocenters. The Bertz CT molecular complexity index is 1090. The van der Waals surface area contributed by atoms with E-state index in [9.17, 15) is 0 Å². The molecule has 0 fully saturated rings. The lowest BCUT2D eigenvalue weighted by atomic mass is 10.1. The predicted octanol–water partition coefficient (Wildman–Crippen LogP) is 4.92. The van der Waals surface area contributed by atoms with E-state index in [1.165, 1.54) is 5.56 Å². The van der Waals surface area contributed by atoms with Gasteiger partial charge < -0.3 is 4.74 Å². The van der Waals surface area contributed by atoms with Crippen LogP contribution in [0.5, 0.6) is 5.75 Å². The van der Waals surface area contributed by atoms with Gasteiger partial charge in [-0.25, -0.2) is 9.67 Å². The first-order chi connectivity index (χ1) is 13.3. The van der Waals surface area contributed by atoms with Crippen molar-refractivity contribution in [2.24, 2.45) is 0 Å². The van der Waals surface area contributed by atoms with Crippen molar-refractivity contribution in [1.82, 2.24) is 14.8 Å². The second kappa shape index (κ2) is 6.40. The molecule has 132 valence electrons. The van der Waals surface area contributed by atoms with E-state index in [-0.39, 0.29) is 6.10 Å². The molecule has 2 heterocycles. The van der Waals surface area contributed by atoms with Crippen LogP contribution in [0.25, 0.3) is 17.1 Å². The normalized spacial score (nSPS) is 15.4. The van der Waals surface area contributed by atoms with E-state index in [1.807, 2.05) is 59.3 Å². The van der Waals surface area contributed by atoms with Gasteiger partial charge >= 0.3 is 0 Å². The lowest BCUT2D eigenvalue weighted by molar-refractivity contribution is 0.208. The van der Waals surface area contributed by atoms with Crippen LogP contribution in [0.2, 0.25) is 0 Å². The largest absolute Gasteiger partial charge is 0.483 e. The zero-order chi connectivity index (χ0) is 18.2. The van der Waals surface area contributed by atoms with Crippen molar-refractivity contribution in [1.29, 1.82) is 0 Å². The first-order valence-corrected chi connectivity index (χ1v) is 9.12. The zero-order valence-corrected chi connectivity index (χ0v) is 15.0. The van der Waals surface area contributed by atoms with E-state index in [0.717, 1.165) is 34.2 Å². The maximum Gasteiger partial charge on any atom is 0.181 e. The van der Waals surface area contributed by atoms with E-state index in [4.69, 9.17) is 14.8 Å². The number of rotatable bonds is 2. The summed E-state index contributed by atoms with van der Waals surface area (Å²) in [5.74, 6) is 2.48. The smallest absolute Gasteiger partial charge is 0.181 e. The van der Waals surface area contributed by atoms with Crippen molar-refractivity contribution in [3.8, 4) is 22.8 Å². The number of aryl methyl sites for hydroxylation is 1. The van der Waals surface area contributed by atoms with Crippen molar-refractivity contribution in [3.05, 3.63) is 95.8 Å². The minimum atomic E-state index is -0.0956. The standard InChI is InChI=1S/C23H19N3O/c1-16-12-13-20-19(14-16)26-22(15-21(27-20)17-8-4-2-5-9-17)24-23(25-26)18-10-6-3-7-11-18/h2-14,21H,15H2,1H3. The molecule has 0 amide bonds. The first-order valence-electron chi connectivity index (χ1n) is 9.12. The number of nitrogens with zero attached hydrogens (tertiary/aromatic N) is 3. The maximum absolute atomic E-state index is 6.38. The van der Waals surface area contributed by atoms with E-state index < -0.39 is 0 Å². The third kappa shape index (κ3) is 2.89. The molecule has 1 aliphatic rings. The van der Waals surface area contributed by atoms with E-state index in [2.05, 4.69) is 31.2 Å². The highest BCUT2D eigenvalue weighted by atomic mass is 16.5. The van der Waals surface area contributed by atoms with Crippen LogP contribution in [-0.4, -0.2) is 14.8 Å². The quantitative estimate of drug-likeness (QED) is 0.513. The average molecular weight is 353 g/mol. The Hall–Kier alpha value is -3.40. The lowest BCUT2D eigenvalue weighted by Gasteiger charge is -2.17. The summed E-state index contributed by atoms with van der Waals surface area (Å²) in [7, 11) is 0. The van der Waals surface area contributed by atoms with Crippen LogP contribution < -0.4 is 4.74 Å². The lowest BCUT2D eigenvalue weighted by Crippen LogP contribution is -2.10. The summed E-state index contributed by atoms with van der Waals surface area (Å²) in [5.41, 5.74) is 4.27. The van der Waals surface area contributed by atoms with Crippen LogP contribution in [0.4, 0.5) is 0 Å². The Morgan fingerprint density at radius 2 is 1.67 bits per heavy atom. The summed E-state index contributed by atoms with van der Waals surface area (Å²) in [6, 6.07) is 26.6. The van der Waals surface area contributed by atoms with Crippen molar-refractivity contribution in [2.75, 3.05) is 0 Å². The molecule has 5 rings (SSSR count). The van der Waals surface area contributed by atoms with E-state index in [0.29, 0.717) is 6.42 Å². The summed E-state index contributed by atoms with van der Waals surface area (Å²) in [6.07, 6.45) is 0.569. The molecule has 0 radical (unpaired) electrons. The molecule has 0 bridgehead atoms. The molecule has 0 saturated carbocycles. The highest BCUT2D eigenvalue weighted by Crippen LogP contribution is 2.35. The molecule has 0 N–H and O–H groups in total. The fraction of sp³-hybridized carbons (Fsp3) is 0.130. The van der Waals surface area contributed by atoms with Gasteiger partial charge in [0.15, 0.2) is 5.82 Å². The summed E-state index contributed by atoms with van der Waals surface area (Å²) in [4.78, 5) is 4.86. The van der Waals surface area contributed by atoms with Crippen molar-refractivity contribution < 1.29 is 4.74 Å². The number of fused-ring (bicyclic) bond motifs is 3. The summed E-state index contributed by atoms with van der Waals surface area (Å²) in [5, 5.41) is 4.82. The van der Waals surface area contributed by atoms with Gasteiger partial charge in [0.25, 0.3) is 0 Å². The van der Waals surface area contributed by atoms with Crippen LogP contribution >= 0.6 is 0 Å². The topological polar surface area (TPSA) is 39.9 Å². The number of hydrogen-bond acceptors (Lipinski definition) is 3. The number of hydrogen-bond donors (Lipinski definition) is 0. The number of benzene rings is 3. The molecule has 4 heteroatoms. The zero-order valence-electron chi connectivity index (χ0n) is 15.0. The molecule has 0 saturated heterocycles. The Kier molecular flexibility index (Phi) is 3.75. The third-order valence-electron chi connectivity index (χ3n) is 4.86. The monoisotopic (exact) mass is 353 g/mol. The summed E-state index contributed by atoms with van der Waals surface area (Å²) < 4.78 is 8.32. The van der Waals surface area contributed by atoms with Gasteiger partial charge in [-0.05, 0) is 30.2 Å². The molecular weight excluding hydrogens is 334 g/mol. The molecule has 4 aromatic rings. The Labute approximate surface area is 158 Å². The molecule has 1 aromatic heterocycles. The maximum atomic E-state index is 6.38. The Balaban J connectivity index is 1.67.